The first-order valence-corrected chi connectivity index (χ1v) is 10.1. The second kappa shape index (κ2) is 9.15. The summed E-state index contributed by atoms with van der Waals surface area (Å²) in [6.07, 6.45) is -1.22. The lowest BCUT2D eigenvalue weighted by atomic mass is 10.1. The van der Waals surface area contributed by atoms with Crippen LogP contribution >= 0.6 is 11.6 Å². The van der Waals surface area contributed by atoms with E-state index in [4.69, 9.17) is 16.0 Å². The fraction of sp³-hybridized carbons (Fsp3) is 0.286. The standard InChI is InChI=1S/C21H17ClF4N4O2/c22-15-10-14(5-6-16(15)23)30(21(31)29-7-1-2-8-29)11-13-4-3-12(9-17(13)24)19-27-28-20(32-19)18(25)26/h3-6,9-10,18H,1-2,7-8,11H2. The molecule has 0 radical (unpaired) electrons. The monoisotopic (exact) mass is 468 g/mol. The van der Waals surface area contributed by atoms with Crippen LogP contribution in [0.25, 0.3) is 11.5 Å². The van der Waals surface area contributed by atoms with E-state index in [2.05, 4.69) is 10.2 Å². The van der Waals surface area contributed by atoms with Gasteiger partial charge in [0.2, 0.25) is 5.89 Å². The van der Waals surface area contributed by atoms with Crippen molar-refractivity contribution in [3.63, 3.8) is 0 Å². The van der Waals surface area contributed by atoms with Crippen LogP contribution in [0.4, 0.5) is 28.0 Å². The quantitative estimate of drug-likeness (QED) is 0.442. The van der Waals surface area contributed by atoms with E-state index in [0.29, 0.717) is 18.8 Å². The molecule has 32 heavy (non-hydrogen) atoms. The second-order valence-corrected chi connectivity index (χ2v) is 7.62. The number of alkyl halides is 2. The predicted octanol–water partition coefficient (Wildman–Crippen LogP) is 5.83. The first-order valence-electron chi connectivity index (χ1n) is 9.75. The number of carbonyl (C=O) groups excluding carboxylic acids is 1. The lowest BCUT2D eigenvalue weighted by molar-refractivity contribution is 0.116. The van der Waals surface area contributed by atoms with E-state index in [1.165, 1.54) is 29.2 Å². The number of hydrogen-bond acceptors (Lipinski definition) is 4. The van der Waals surface area contributed by atoms with E-state index in [-0.39, 0.29) is 34.6 Å². The highest BCUT2D eigenvalue weighted by atomic mass is 35.5. The molecule has 11 heteroatoms. The number of anilines is 1. The van der Waals surface area contributed by atoms with Crippen LogP contribution in [0.2, 0.25) is 5.02 Å². The zero-order valence-corrected chi connectivity index (χ0v) is 17.3. The van der Waals surface area contributed by atoms with Gasteiger partial charge in [0, 0.05) is 29.9 Å². The van der Waals surface area contributed by atoms with Crippen LogP contribution in [0, 0.1) is 11.6 Å². The van der Waals surface area contributed by atoms with Crippen LogP contribution < -0.4 is 4.90 Å². The summed E-state index contributed by atoms with van der Waals surface area (Å²) < 4.78 is 58.7. The fourth-order valence-electron chi connectivity index (χ4n) is 3.42. The first kappa shape index (κ1) is 22.1. The number of rotatable bonds is 5. The Kier molecular flexibility index (Phi) is 6.31. The van der Waals surface area contributed by atoms with Gasteiger partial charge in [-0.25, -0.2) is 13.6 Å². The molecule has 1 aliphatic heterocycles. The molecule has 2 heterocycles. The van der Waals surface area contributed by atoms with Crippen molar-refractivity contribution < 1.29 is 26.8 Å². The zero-order valence-electron chi connectivity index (χ0n) is 16.6. The first-order chi connectivity index (χ1) is 15.3. The molecule has 0 aliphatic carbocycles. The van der Waals surface area contributed by atoms with Gasteiger partial charge in [-0.1, -0.05) is 17.7 Å². The van der Waals surface area contributed by atoms with Crippen molar-refractivity contribution in [2.45, 2.75) is 25.8 Å². The smallest absolute Gasteiger partial charge is 0.324 e. The normalized spacial score (nSPS) is 13.8. The van der Waals surface area contributed by atoms with Gasteiger partial charge in [-0.2, -0.15) is 8.78 Å². The molecule has 0 atom stereocenters. The summed E-state index contributed by atoms with van der Waals surface area (Å²) in [6, 6.07) is 7.37. The van der Waals surface area contributed by atoms with E-state index in [1.54, 1.807) is 4.90 Å². The van der Waals surface area contributed by atoms with Gasteiger partial charge in [0.05, 0.1) is 11.6 Å². The van der Waals surface area contributed by atoms with E-state index in [1.807, 2.05) is 0 Å². The maximum Gasteiger partial charge on any atom is 0.324 e. The van der Waals surface area contributed by atoms with Crippen molar-refractivity contribution in [1.82, 2.24) is 15.1 Å². The Labute approximate surface area is 185 Å². The highest BCUT2D eigenvalue weighted by Gasteiger charge is 2.27. The Hall–Kier alpha value is -3.14. The van der Waals surface area contributed by atoms with Crippen molar-refractivity contribution in [2.24, 2.45) is 0 Å². The summed E-state index contributed by atoms with van der Waals surface area (Å²) in [5.41, 5.74) is 0.582. The van der Waals surface area contributed by atoms with Gasteiger partial charge in [-0.15, -0.1) is 10.2 Å². The minimum absolute atomic E-state index is 0.118. The summed E-state index contributed by atoms with van der Waals surface area (Å²) in [4.78, 5) is 16.0. The van der Waals surface area contributed by atoms with Crippen molar-refractivity contribution in [3.05, 3.63) is 64.5 Å². The molecule has 2 aromatic carbocycles. The number of benzene rings is 2. The third-order valence-electron chi connectivity index (χ3n) is 5.08. The van der Waals surface area contributed by atoms with E-state index < -0.39 is 24.0 Å². The van der Waals surface area contributed by atoms with Crippen LogP contribution in [-0.2, 0) is 6.54 Å². The molecule has 1 aliphatic rings. The average molecular weight is 469 g/mol. The summed E-state index contributed by atoms with van der Waals surface area (Å²) in [5.74, 6) is -2.45. The molecule has 1 saturated heterocycles. The Morgan fingerprint density at radius 3 is 2.47 bits per heavy atom. The molecule has 1 aromatic heterocycles. The Morgan fingerprint density at radius 2 is 1.84 bits per heavy atom. The molecule has 0 N–H and O–H groups in total. The van der Waals surface area contributed by atoms with Crippen LogP contribution in [-0.4, -0.2) is 34.2 Å². The van der Waals surface area contributed by atoms with Gasteiger partial charge in [-0.3, -0.25) is 4.90 Å². The van der Waals surface area contributed by atoms with Gasteiger partial charge in [0.1, 0.15) is 11.6 Å². The molecular formula is C21H17ClF4N4O2. The van der Waals surface area contributed by atoms with Crippen molar-refractivity contribution in [2.75, 3.05) is 18.0 Å². The summed E-state index contributed by atoms with van der Waals surface area (Å²) in [6.45, 7) is 0.972. The van der Waals surface area contributed by atoms with Crippen molar-refractivity contribution >= 4 is 23.3 Å². The van der Waals surface area contributed by atoms with Gasteiger partial charge >= 0.3 is 12.5 Å². The molecular weight excluding hydrogens is 452 g/mol. The number of amides is 2. The van der Waals surface area contributed by atoms with Crippen LogP contribution in [0.5, 0.6) is 0 Å². The molecule has 0 saturated carbocycles. The van der Waals surface area contributed by atoms with Gasteiger partial charge in [0.15, 0.2) is 0 Å². The third kappa shape index (κ3) is 4.55. The molecule has 0 spiro atoms. The number of hydrogen-bond donors (Lipinski definition) is 0. The molecule has 3 aromatic rings. The molecule has 0 unspecified atom stereocenters. The second-order valence-electron chi connectivity index (χ2n) is 7.21. The zero-order chi connectivity index (χ0) is 22.8. The van der Waals surface area contributed by atoms with Crippen LogP contribution in [0.1, 0.15) is 30.7 Å². The maximum atomic E-state index is 14.9. The number of urea groups is 1. The SMILES string of the molecule is O=C(N1CCCC1)N(Cc1ccc(-c2nnc(C(F)F)o2)cc1F)c1ccc(F)c(Cl)c1. The van der Waals surface area contributed by atoms with Gasteiger partial charge < -0.3 is 9.32 Å². The molecule has 168 valence electrons. The minimum Gasteiger partial charge on any atom is -0.415 e. The van der Waals surface area contributed by atoms with Crippen LogP contribution in [0.3, 0.4) is 0 Å². The van der Waals surface area contributed by atoms with Gasteiger partial charge in [0.25, 0.3) is 5.89 Å². The molecule has 1 fully saturated rings. The van der Waals surface area contributed by atoms with Crippen molar-refractivity contribution in [1.29, 1.82) is 0 Å². The number of likely N-dealkylation sites (tertiary alicyclic amines) is 1. The minimum atomic E-state index is -2.94. The number of carbonyl (C=O) groups is 1. The number of aromatic nitrogens is 2. The largest absolute Gasteiger partial charge is 0.415 e. The van der Waals surface area contributed by atoms with E-state index in [9.17, 15) is 22.4 Å². The highest BCUT2D eigenvalue weighted by Crippen LogP contribution is 2.29. The lowest BCUT2D eigenvalue weighted by Gasteiger charge is -2.28. The third-order valence-corrected chi connectivity index (χ3v) is 5.37. The topological polar surface area (TPSA) is 62.5 Å². The number of halogens is 5. The fourth-order valence-corrected chi connectivity index (χ4v) is 3.59. The summed E-state index contributed by atoms with van der Waals surface area (Å²) in [5, 5.41) is 6.56. The molecule has 2 amide bonds. The molecule has 0 bridgehead atoms. The summed E-state index contributed by atoms with van der Waals surface area (Å²) >= 11 is 5.89. The number of nitrogens with zero attached hydrogens (tertiary/aromatic N) is 4. The Bertz CT molecular complexity index is 1130. The van der Waals surface area contributed by atoms with E-state index in [0.717, 1.165) is 25.0 Å². The van der Waals surface area contributed by atoms with Crippen molar-refractivity contribution in [3.8, 4) is 11.5 Å². The van der Waals surface area contributed by atoms with E-state index >= 15 is 0 Å². The molecule has 4 rings (SSSR count). The summed E-state index contributed by atoms with van der Waals surface area (Å²) in [7, 11) is 0. The maximum absolute atomic E-state index is 14.9. The lowest BCUT2D eigenvalue weighted by Crippen LogP contribution is -2.41. The van der Waals surface area contributed by atoms with Gasteiger partial charge in [-0.05, 0) is 43.2 Å². The highest BCUT2D eigenvalue weighted by molar-refractivity contribution is 6.31. The Morgan fingerprint density at radius 1 is 1.09 bits per heavy atom. The Balaban J connectivity index is 1.63. The predicted molar refractivity (Wildman–Crippen MR) is 108 cm³/mol. The molecule has 6 nitrogen and oxygen atoms in total. The average Bonchev–Trinajstić information content (AvgIpc) is 3.47. The van der Waals surface area contributed by atoms with Crippen LogP contribution in [0.15, 0.2) is 40.8 Å².